The van der Waals surface area contributed by atoms with Crippen molar-refractivity contribution >= 4 is 18.0 Å². The molecule has 0 aromatic rings. The summed E-state index contributed by atoms with van der Waals surface area (Å²) in [6, 6.07) is -1.04. The normalized spacial score (nSPS) is 6.95. The average molecular weight is 332 g/mol. The average Bonchev–Trinajstić information content (AvgIpc) is 1.96. The van der Waals surface area contributed by atoms with Crippen molar-refractivity contribution in [2.75, 3.05) is 0 Å². The Labute approximate surface area is 114 Å². The van der Waals surface area contributed by atoms with Crippen LogP contribution in [0.15, 0.2) is 0 Å². The molecule has 0 saturated carbocycles. The van der Waals surface area contributed by atoms with Crippen molar-refractivity contribution in [3.8, 4) is 0 Å². The third-order valence-electron chi connectivity index (χ3n) is 0.702. The molecule has 19 heavy (non-hydrogen) atoms. The number of guanidine groups is 2. The van der Waals surface area contributed by atoms with Crippen molar-refractivity contribution in [3.63, 3.8) is 0 Å². The molecule has 0 atom stereocenters. The van der Waals surface area contributed by atoms with Crippen molar-refractivity contribution in [2.24, 2.45) is 17.2 Å². The number of primary amides is 1. The number of rotatable bonds is 0. The first-order valence-corrected chi connectivity index (χ1v) is 3.34. The quantitative estimate of drug-likeness (QED) is 0.104. The van der Waals surface area contributed by atoms with Gasteiger partial charge in [-0.3, -0.25) is 10.8 Å². The molecule has 0 aromatic carbocycles. The van der Waals surface area contributed by atoms with Gasteiger partial charge in [0, 0.05) is 0 Å². The van der Waals surface area contributed by atoms with E-state index in [1.54, 1.807) is 0 Å². The molecule has 0 saturated heterocycles. The summed E-state index contributed by atoms with van der Waals surface area (Å²) in [5.41, 5.74) is 14.3. The second-order valence-corrected chi connectivity index (χ2v) is 1.89. The van der Waals surface area contributed by atoms with E-state index in [9.17, 15) is 4.79 Å². The molecule has 0 unspecified atom stereocenters. The third kappa shape index (κ3) is 31.3. The maximum Gasteiger partial charge on any atom is 2.00 e. The SMILES string of the molecule is N=C(N)N(C(=N)N)C(N)=O.O=[N+]([O-])[O-].O=[N+]([O-])[O-].[Cu+2]. The molecule has 1 radical (unpaired) electrons. The predicted molar refractivity (Wildman–Crippen MR) is 56.0 cm³/mol. The largest absolute Gasteiger partial charge is 2.00 e. The summed E-state index contributed by atoms with van der Waals surface area (Å²) in [5.74, 6) is -1.33. The fourth-order valence-corrected chi connectivity index (χ4v) is 0.367. The van der Waals surface area contributed by atoms with Crippen LogP contribution in [0.5, 0.6) is 0 Å². The van der Waals surface area contributed by atoms with Gasteiger partial charge in [-0.25, -0.2) is 9.69 Å². The molecule has 0 aliphatic carbocycles. The van der Waals surface area contributed by atoms with Crippen LogP contribution in [0.2, 0.25) is 0 Å². The molecule has 0 aliphatic rings. The number of nitrogens with zero attached hydrogens (tertiary/aromatic N) is 3. The van der Waals surface area contributed by atoms with Crippen LogP contribution in [-0.4, -0.2) is 33.0 Å². The molecule has 0 rings (SSSR count). The molecule has 0 aromatic heterocycles. The molecule has 8 N–H and O–H groups in total. The third-order valence-corrected chi connectivity index (χ3v) is 0.702. The molecule has 0 fully saturated rings. The molecular weight excluding hydrogens is 324 g/mol. The second kappa shape index (κ2) is 13.2. The van der Waals surface area contributed by atoms with E-state index in [0.717, 1.165) is 0 Å². The van der Waals surface area contributed by atoms with Crippen molar-refractivity contribution < 1.29 is 32.0 Å². The van der Waals surface area contributed by atoms with Crippen LogP contribution in [-0.2, 0) is 17.1 Å². The number of amides is 2. The Balaban J connectivity index is -0.000000105. The van der Waals surface area contributed by atoms with Crippen LogP contribution in [0.1, 0.15) is 0 Å². The van der Waals surface area contributed by atoms with E-state index in [2.05, 4.69) is 5.73 Å². The van der Waals surface area contributed by atoms with Gasteiger partial charge in [0.25, 0.3) is 0 Å². The predicted octanol–water partition coefficient (Wildman–Crippen LogP) is -2.33. The standard InChI is InChI=1S/C3H8N6O.Cu.2NO3/c4-1(5)9(2(6)7)3(8)10;;2*2-1(3)4/h(H3,4,5)(H3,6,7)(H2,8,10);;;/q;+2;2*-1. The Morgan fingerprint density at radius 3 is 1.05 bits per heavy atom. The van der Waals surface area contributed by atoms with E-state index in [0.29, 0.717) is 4.90 Å². The van der Waals surface area contributed by atoms with Gasteiger partial charge >= 0.3 is 23.1 Å². The van der Waals surface area contributed by atoms with Crippen molar-refractivity contribution in [3.05, 3.63) is 30.6 Å². The molecule has 15 nitrogen and oxygen atoms in total. The molecule has 0 aliphatic heterocycles. The maximum atomic E-state index is 10.3. The number of carbonyl (C=O) groups excluding carboxylic acids is 1. The fourth-order valence-electron chi connectivity index (χ4n) is 0.367. The number of nitrogens with one attached hydrogen (secondary N) is 2. The second-order valence-electron chi connectivity index (χ2n) is 1.89. The van der Waals surface area contributed by atoms with Gasteiger partial charge in [0.15, 0.2) is 0 Å². The van der Waals surface area contributed by atoms with E-state index in [-0.39, 0.29) is 17.1 Å². The number of carbonyl (C=O) groups is 1. The Bertz CT molecular complexity index is 292. The van der Waals surface area contributed by atoms with Gasteiger partial charge in [-0.2, -0.15) is 0 Å². The minimum Gasteiger partial charge on any atom is -0.369 e. The van der Waals surface area contributed by atoms with E-state index in [1.807, 2.05) is 0 Å². The van der Waals surface area contributed by atoms with Crippen LogP contribution in [0.3, 0.4) is 0 Å². The molecule has 2 amide bonds. The first-order chi connectivity index (χ1) is 7.93. The van der Waals surface area contributed by atoms with Crippen LogP contribution < -0.4 is 17.2 Å². The summed E-state index contributed by atoms with van der Waals surface area (Å²) < 4.78 is 0. The van der Waals surface area contributed by atoms with Gasteiger partial charge in [0.05, 0.1) is 10.2 Å². The smallest absolute Gasteiger partial charge is 0.369 e. The van der Waals surface area contributed by atoms with Crippen LogP contribution in [0.25, 0.3) is 0 Å². The van der Waals surface area contributed by atoms with Gasteiger partial charge in [-0.15, -0.1) is 0 Å². The van der Waals surface area contributed by atoms with E-state index in [1.165, 1.54) is 0 Å². The van der Waals surface area contributed by atoms with Crippen LogP contribution in [0, 0.1) is 41.5 Å². The van der Waals surface area contributed by atoms with E-state index < -0.39 is 28.1 Å². The monoisotopic (exact) mass is 331 g/mol. The van der Waals surface area contributed by atoms with Crippen molar-refractivity contribution in [1.82, 2.24) is 4.90 Å². The zero-order valence-corrected chi connectivity index (χ0v) is 9.67. The van der Waals surface area contributed by atoms with Crippen molar-refractivity contribution in [2.45, 2.75) is 0 Å². The van der Waals surface area contributed by atoms with Crippen LogP contribution in [0.4, 0.5) is 4.79 Å². The summed E-state index contributed by atoms with van der Waals surface area (Å²) in [7, 11) is 0. The van der Waals surface area contributed by atoms with Gasteiger partial charge in [0.2, 0.25) is 11.9 Å². The van der Waals surface area contributed by atoms with E-state index >= 15 is 0 Å². The number of hydrogen-bond donors (Lipinski definition) is 5. The first-order valence-electron chi connectivity index (χ1n) is 3.34. The number of nitrogens with two attached hydrogens (primary N) is 3. The molecule has 16 heteroatoms. The Kier molecular flexibility index (Phi) is 17.4. The minimum atomic E-state index is -1.75. The fraction of sp³-hybridized carbons (Fsp3) is 0. The molecule has 0 heterocycles. The van der Waals surface area contributed by atoms with Gasteiger partial charge < -0.3 is 47.8 Å². The Morgan fingerprint density at radius 2 is 1.05 bits per heavy atom. The summed E-state index contributed by atoms with van der Waals surface area (Å²) in [5, 5.41) is 42.9. The number of urea groups is 1. The zero-order valence-electron chi connectivity index (χ0n) is 8.73. The molecular formula is C3H8CuN8O7. The van der Waals surface area contributed by atoms with Gasteiger partial charge in [-0.05, 0) is 0 Å². The topological polar surface area (TPSA) is 278 Å². The van der Waals surface area contributed by atoms with Gasteiger partial charge in [-0.1, -0.05) is 0 Å². The summed E-state index contributed by atoms with van der Waals surface area (Å²) in [4.78, 5) is 27.2. The molecule has 113 valence electrons. The zero-order chi connectivity index (χ0) is 15.5. The van der Waals surface area contributed by atoms with Crippen LogP contribution >= 0.6 is 0 Å². The van der Waals surface area contributed by atoms with Gasteiger partial charge in [0.1, 0.15) is 0 Å². The Hall–Kier alpha value is -2.87. The summed E-state index contributed by atoms with van der Waals surface area (Å²) in [6.07, 6.45) is 0. The first kappa shape index (κ1) is 25.1. The Morgan fingerprint density at radius 1 is 0.895 bits per heavy atom. The van der Waals surface area contributed by atoms with E-state index in [4.69, 9.17) is 52.9 Å². The molecule has 0 bridgehead atoms. The maximum absolute atomic E-state index is 10.3. The molecule has 0 spiro atoms. The minimum absolute atomic E-state index is 0. The van der Waals surface area contributed by atoms with Crippen molar-refractivity contribution in [1.29, 1.82) is 10.8 Å². The number of hydrogen-bond acceptors (Lipinski definition) is 9. The summed E-state index contributed by atoms with van der Waals surface area (Å²) >= 11 is 0. The summed E-state index contributed by atoms with van der Waals surface area (Å²) in [6.45, 7) is 0.